The molecule has 2 aromatic carbocycles. The van der Waals surface area contributed by atoms with Gasteiger partial charge in [0.25, 0.3) is 0 Å². The van der Waals surface area contributed by atoms with Crippen LogP contribution in [0.1, 0.15) is 38.8 Å². The van der Waals surface area contributed by atoms with Crippen LogP contribution in [0.2, 0.25) is 5.02 Å². The Morgan fingerprint density at radius 3 is 1.32 bits per heavy atom. The minimum absolute atomic E-state index is 0.209. The van der Waals surface area contributed by atoms with Gasteiger partial charge in [0, 0.05) is 10.6 Å². The summed E-state index contributed by atoms with van der Waals surface area (Å²) in [6.07, 6.45) is 0. The lowest BCUT2D eigenvalue weighted by molar-refractivity contribution is 0.373. The maximum Gasteiger partial charge on any atom is 0.200 e. The number of hydrogen-bond acceptors (Lipinski definition) is 0. The molecule has 0 N–H and O–H groups in total. The smallest absolute Gasteiger partial charge is 0.200 e. The van der Waals surface area contributed by atoms with Gasteiger partial charge in [0.1, 0.15) is 5.82 Å². The van der Waals surface area contributed by atoms with E-state index in [-0.39, 0.29) is 5.82 Å². The molecule has 0 saturated carbocycles. The SMILES string of the molecule is CC.CC.Cc1c(F)c(F)c(F)c(F)c1F.Cc1cc(Cl)ccc1F. The number of benzene rings is 2. The minimum Gasteiger partial charge on any atom is -0.207 e. The van der Waals surface area contributed by atoms with Crippen LogP contribution in [0, 0.1) is 48.8 Å². The fraction of sp³-hybridized carbons (Fsp3) is 0.333. The van der Waals surface area contributed by atoms with Crippen LogP contribution in [0.3, 0.4) is 0 Å². The zero-order valence-corrected chi connectivity index (χ0v) is 15.6. The first kappa shape index (κ1) is 25.5. The van der Waals surface area contributed by atoms with Gasteiger partial charge in [-0.2, -0.15) is 0 Å². The van der Waals surface area contributed by atoms with Crippen molar-refractivity contribution in [1.29, 1.82) is 0 Å². The van der Waals surface area contributed by atoms with Crippen molar-refractivity contribution in [2.24, 2.45) is 0 Å². The molecule has 25 heavy (non-hydrogen) atoms. The van der Waals surface area contributed by atoms with E-state index in [0.717, 1.165) is 6.92 Å². The second-order valence-corrected chi connectivity index (χ2v) is 4.52. The predicted octanol–water partition coefficient (Wildman–Crippen LogP) is 7.53. The highest BCUT2D eigenvalue weighted by Crippen LogP contribution is 2.21. The van der Waals surface area contributed by atoms with Gasteiger partial charge in [-0.15, -0.1) is 0 Å². The third kappa shape index (κ3) is 7.38. The molecule has 0 saturated heterocycles. The van der Waals surface area contributed by atoms with Crippen LogP contribution in [-0.2, 0) is 0 Å². The summed E-state index contributed by atoms with van der Waals surface area (Å²) >= 11 is 5.55. The van der Waals surface area contributed by atoms with E-state index >= 15 is 0 Å². The Hall–Kier alpha value is -1.69. The van der Waals surface area contributed by atoms with Crippen molar-refractivity contribution >= 4 is 11.6 Å². The maximum atomic E-state index is 12.4. The molecule has 0 amide bonds. The van der Waals surface area contributed by atoms with Crippen molar-refractivity contribution in [3.63, 3.8) is 0 Å². The highest BCUT2D eigenvalue weighted by atomic mass is 35.5. The monoisotopic (exact) mass is 386 g/mol. The number of hydrogen-bond donors (Lipinski definition) is 0. The molecule has 0 unspecified atom stereocenters. The molecule has 0 atom stereocenters. The first-order valence-electron chi connectivity index (χ1n) is 7.56. The predicted molar refractivity (Wildman–Crippen MR) is 89.8 cm³/mol. The number of halogens is 7. The Morgan fingerprint density at radius 1 is 0.640 bits per heavy atom. The van der Waals surface area contributed by atoms with Crippen LogP contribution in [-0.4, -0.2) is 0 Å². The van der Waals surface area contributed by atoms with Gasteiger partial charge in [-0.05, 0) is 37.6 Å². The molecular formula is C18H21ClF6. The summed E-state index contributed by atoms with van der Waals surface area (Å²) in [5.74, 6) is -9.73. The Labute approximate surface area is 149 Å². The fourth-order valence-corrected chi connectivity index (χ4v) is 1.55. The van der Waals surface area contributed by atoms with E-state index in [2.05, 4.69) is 0 Å². The Bertz CT molecular complexity index is 566. The van der Waals surface area contributed by atoms with Gasteiger partial charge in [0.15, 0.2) is 23.3 Å². The highest BCUT2D eigenvalue weighted by molar-refractivity contribution is 6.30. The standard InChI is InChI=1S/C7H6ClF.C7H3F5.2C2H6/c1-5-4-6(8)2-3-7(5)9;1-2-3(8)5(10)7(12)6(11)4(2)9;2*1-2/h2-4H,1H3;1H3;2*1-2H3. The molecule has 0 fully saturated rings. The van der Waals surface area contributed by atoms with Crippen molar-refractivity contribution in [2.75, 3.05) is 0 Å². The van der Waals surface area contributed by atoms with Gasteiger partial charge in [0.2, 0.25) is 5.82 Å². The van der Waals surface area contributed by atoms with Crippen molar-refractivity contribution in [1.82, 2.24) is 0 Å². The molecule has 0 aliphatic carbocycles. The summed E-state index contributed by atoms with van der Waals surface area (Å²) in [7, 11) is 0. The van der Waals surface area contributed by atoms with Crippen LogP contribution < -0.4 is 0 Å². The summed E-state index contributed by atoms with van der Waals surface area (Å²) in [4.78, 5) is 0. The summed E-state index contributed by atoms with van der Waals surface area (Å²) < 4.78 is 74.0. The second kappa shape index (κ2) is 12.6. The molecule has 0 aromatic heterocycles. The van der Waals surface area contributed by atoms with E-state index in [4.69, 9.17) is 11.6 Å². The Kier molecular flexibility index (Phi) is 12.9. The highest BCUT2D eigenvalue weighted by Gasteiger charge is 2.22. The van der Waals surface area contributed by atoms with E-state index in [1.807, 2.05) is 27.7 Å². The van der Waals surface area contributed by atoms with Gasteiger partial charge < -0.3 is 0 Å². The van der Waals surface area contributed by atoms with Crippen molar-refractivity contribution in [3.05, 3.63) is 69.3 Å². The van der Waals surface area contributed by atoms with Crippen LogP contribution >= 0.6 is 11.6 Å². The molecular weight excluding hydrogens is 366 g/mol. The van der Waals surface area contributed by atoms with Crippen LogP contribution in [0.5, 0.6) is 0 Å². The third-order valence-electron chi connectivity index (χ3n) is 2.55. The van der Waals surface area contributed by atoms with E-state index in [1.54, 1.807) is 13.0 Å². The molecule has 0 heterocycles. The average molecular weight is 387 g/mol. The van der Waals surface area contributed by atoms with E-state index in [1.165, 1.54) is 12.1 Å². The van der Waals surface area contributed by atoms with Crippen molar-refractivity contribution < 1.29 is 26.3 Å². The molecule has 0 aliphatic rings. The lowest BCUT2D eigenvalue weighted by atomic mass is 10.2. The normalized spacial score (nSPS) is 9.00. The van der Waals surface area contributed by atoms with Crippen LogP contribution in [0.25, 0.3) is 0 Å². The van der Waals surface area contributed by atoms with Crippen molar-refractivity contribution in [2.45, 2.75) is 41.5 Å². The molecule has 7 heteroatoms. The number of aryl methyl sites for hydroxylation is 1. The largest absolute Gasteiger partial charge is 0.207 e. The molecule has 0 bridgehead atoms. The topological polar surface area (TPSA) is 0 Å². The average Bonchev–Trinajstić information content (AvgIpc) is 2.64. The Morgan fingerprint density at radius 2 is 1.00 bits per heavy atom. The van der Waals surface area contributed by atoms with Gasteiger partial charge in [-0.1, -0.05) is 39.3 Å². The second-order valence-electron chi connectivity index (χ2n) is 4.09. The summed E-state index contributed by atoms with van der Waals surface area (Å²) in [6, 6.07) is 4.48. The van der Waals surface area contributed by atoms with Crippen molar-refractivity contribution in [3.8, 4) is 0 Å². The lowest BCUT2D eigenvalue weighted by Gasteiger charge is -2.02. The molecule has 2 rings (SSSR count). The van der Waals surface area contributed by atoms with Gasteiger partial charge in [0.05, 0.1) is 0 Å². The quantitative estimate of drug-likeness (QED) is 0.249. The summed E-state index contributed by atoms with van der Waals surface area (Å²) in [6.45, 7) is 10.5. The lowest BCUT2D eigenvalue weighted by Crippen LogP contribution is -2.03. The molecule has 142 valence electrons. The van der Waals surface area contributed by atoms with Gasteiger partial charge >= 0.3 is 0 Å². The van der Waals surface area contributed by atoms with Crippen LogP contribution in [0.15, 0.2) is 18.2 Å². The summed E-state index contributed by atoms with van der Waals surface area (Å²) in [5, 5.41) is 0.578. The van der Waals surface area contributed by atoms with E-state index in [0.29, 0.717) is 10.6 Å². The molecule has 2 aromatic rings. The molecule has 0 aliphatic heterocycles. The zero-order chi connectivity index (χ0) is 20.3. The number of rotatable bonds is 0. The first-order valence-corrected chi connectivity index (χ1v) is 7.94. The molecule has 0 nitrogen and oxygen atoms in total. The van der Waals surface area contributed by atoms with E-state index < -0.39 is 34.6 Å². The minimum atomic E-state index is -2.13. The van der Waals surface area contributed by atoms with Crippen LogP contribution in [0.4, 0.5) is 26.3 Å². The third-order valence-corrected chi connectivity index (χ3v) is 2.78. The zero-order valence-electron chi connectivity index (χ0n) is 14.9. The maximum absolute atomic E-state index is 12.4. The fourth-order valence-electron chi connectivity index (χ4n) is 1.32. The van der Waals surface area contributed by atoms with E-state index in [9.17, 15) is 26.3 Å². The molecule has 0 spiro atoms. The van der Waals surface area contributed by atoms with Gasteiger partial charge in [-0.3, -0.25) is 0 Å². The van der Waals surface area contributed by atoms with Gasteiger partial charge in [-0.25, -0.2) is 26.3 Å². The Balaban J connectivity index is 0. The first-order chi connectivity index (χ1) is 11.7. The summed E-state index contributed by atoms with van der Waals surface area (Å²) in [5.41, 5.74) is -0.283. The molecule has 0 radical (unpaired) electrons.